The number of aliphatic hydroxyl groups is 2. The van der Waals surface area contributed by atoms with E-state index < -0.39 is 18.4 Å². The third-order valence-electron chi connectivity index (χ3n) is 4.11. The average Bonchev–Trinajstić information content (AvgIpc) is 2.51. The first-order chi connectivity index (χ1) is 11.0. The Kier molecular flexibility index (Phi) is 14.6. The van der Waals surface area contributed by atoms with Crippen molar-refractivity contribution in [1.82, 2.24) is 0 Å². The smallest absolute Gasteiger partial charge is 0.308 e. The summed E-state index contributed by atoms with van der Waals surface area (Å²) < 4.78 is 4.76. The molecule has 0 bridgehead atoms. The van der Waals surface area contributed by atoms with E-state index in [1.54, 1.807) is 0 Å². The maximum atomic E-state index is 11.4. The van der Waals surface area contributed by atoms with Gasteiger partial charge in [-0.1, -0.05) is 84.0 Å². The average molecular weight is 331 g/mol. The lowest BCUT2D eigenvalue weighted by Crippen LogP contribution is -2.35. The molecule has 4 heteroatoms. The predicted octanol–water partition coefficient (Wildman–Crippen LogP) is 4.71. The number of rotatable bonds is 16. The second kappa shape index (κ2) is 14.9. The van der Waals surface area contributed by atoms with Gasteiger partial charge in [-0.3, -0.25) is 4.79 Å². The maximum absolute atomic E-state index is 11.4. The van der Waals surface area contributed by atoms with Crippen LogP contribution in [0.4, 0.5) is 0 Å². The van der Waals surface area contributed by atoms with E-state index >= 15 is 0 Å². The van der Waals surface area contributed by atoms with Gasteiger partial charge in [0.2, 0.25) is 5.79 Å². The van der Waals surface area contributed by atoms with Crippen molar-refractivity contribution in [3.05, 3.63) is 0 Å². The normalized spacial score (nSPS) is 13.7. The van der Waals surface area contributed by atoms with Gasteiger partial charge in [-0.2, -0.15) is 0 Å². The zero-order chi connectivity index (χ0) is 17.4. The third kappa shape index (κ3) is 16.0. The second-order valence-electron chi connectivity index (χ2n) is 6.80. The first-order valence-electron chi connectivity index (χ1n) is 9.57. The molecule has 1 atom stereocenters. The summed E-state index contributed by atoms with van der Waals surface area (Å²) in [7, 11) is 0. The standard InChI is InChI=1S/C19H38O4/c1-3-4-5-6-7-8-9-10-11-12-13-14-15-16-18(21)23-19(2,22)17-20/h20,22H,3-17H2,1-2H3. The van der Waals surface area contributed by atoms with Gasteiger partial charge in [0, 0.05) is 13.3 Å². The minimum Gasteiger partial charge on any atom is -0.431 e. The molecule has 0 saturated heterocycles. The molecular weight excluding hydrogens is 292 g/mol. The Morgan fingerprint density at radius 1 is 0.826 bits per heavy atom. The van der Waals surface area contributed by atoms with Crippen molar-refractivity contribution in [3.8, 4) is 0 Å². The highest BCUT2D eigenvalue weighted by atomic mass is 16.7. The number of hydrogen-bond acceptors (Lipinski definition) is 4. The van der Waals surface area contributed by atoms with Crippen LogP contribution in [-0.4, -0.2) is 28.6 Å². The van der Waals surface area contributed by atoms with Crippen molar-refractivity contribution in [2.24, 2.45) is 0 Å². The van der Waals surface area contributed by atoms with Crippen molar-refractivity contribution >= 4 is 5.97 Å². The molecule has 0 radical (unpaired) electrons. The predicted molar refractivity (Wildman–Crippen MR) is 94.1 cm³/mol. The van der Waals surface area contributed by atoms with Crippen LogP contribution in [-0.2, 0) is 9.53 Å². The molecular formula is C19H38O4. The Morgan fingerprint density at radius 3 is 1.61 bits per heavy atom. The summed E-state index contributed by atoms with van der Waals surface area (Å²) in [5.74, 6) is -2.18. The van der Waals surface area contributed by atoms with Crippen LogP contribution < -0.4 is 0 Å². The largest absolute Gasteiger partial charge is 0.431 e. The van der Waals surface area contributed by atoms with E-state index in [0.717, 1.165) is 19.3 Å². The summed E-state index contributed by atoms with van der Waals surface area (Å²) in [6.07, 6.45) is 16.7. The third-order valence-corrected chi connectivity index (χ3v) is 4.11. The quantitative estimate of drug-likeness (QED) is 0.244. The molecule has 0 aromatic carbocycles. The van der Waals surface area contributed by atoms with Crippen LogP contribution in [0, 0.1) is 0 Å². The summed E-state index contributed by atoms with van der Waals surface area (Å²) in [6, 6.07) is 0. The maximum Gasteiger partial charge on any atom is 0.308 e. The summed E-state index contributed by atoms with van der Waals surface area (Å²) in [4.78, 5) is 11.4. The lowest BCUT2D eigenvalue weighted by Gasteiger charge is -2.20. The fourth-order valence-corrected chi connectivity index (χ4v) is 2.62. The van der Waals surface area contributed by atoms with Crippen LogP contribution >= 0.6 is 0 Å². The molecule has 0 heterocycles. The van der Waals surface area contributed by atoms with Gasteiger partial charge in [-0.05, 0) is 6.42 Å². The molecule has 0 aliphatic heterocycles. The van der Waals surface area contributed by atoms with Crippen LogP contribution in [0.25, 0.3) is 0 Å². The molecule has 2 N–H and O–H groups in total. The molecule has 0 fully saturated rings. The van der Waals surface area contributed by atoms with E-state index in [0.29, 0.717) is 6.42 Å². The lowest BCUT2D eigenvalue weighted by molar-refractivity contribution is -0.214. The van der Waals surface area contributed by atoms with Gasteiger partial charge >= 0.3 is 5.97 Å². The van der Waals surface area contributed by atoms with E-state index in [2.05, 4.69) is 6.92 Å². The number of esters is 1. The fraction of sp³-hybridized carbons (Fsp3) is 0.947. The first-order valence-corrected chi connectivity index (χ1v) is 9.57. The van der Waals surface area contributed by atoms with Gasteiger partial charge in [0.1, 0.15) is 6.61 Å². The number of hydrogen-bond donors (Lipinski definition) is 2. The number of carbonyl (C=O) groups is 1. The topological polar surface area (TPSA) is 66.8 Å². The lowest BCUT2D eigenvalue weighted by atomic mass is 10.0. The number of ether oxygens (including phenoxy) is 1. The zero-order valence-corrected chi connectivity index (χ0v) is 15.3. The van der Waals surface area contributed by atoms with Crippen molar-refractivity contribution in [2.45, 2.75) is 110 Å². The van der Waals surface area contributed by atoms with Gasteiger partial charge in [0.05, 0.1) is 0 Å². The van der Waals surface area contributed by atoms with Crippen LogP contribution in [0.1, 0.15) is 104 Å². The van der Waals surface area contributed by atoms with E-state index in [4.69, 9.17) is 9.84 Å². The molecule has 0 rings (SSSR count). The number of aliphatic hydroxyl groups excluding tert-OH is 1. The van der Waals surface area contributed by atoms with Crippen molar-refractivity contribution in [1.29, 1.82) is 0 Å². The Bertz CT molecular complexity index is 277. The SMILES string of the molecule is CCCCCCCCCCCCCCCC(=O)OC(C)(O)CO. The molecule has 0 aliphatic carbocycles. The van der Waals surface area contributed by atoms with Gasteiger partial charge in [0.25, 0.3) is 0 Å². The summed E-state index contributed by atoms with van der Waals surface area (Å²) in [5.41, 5.74) is 0. The zero-order valence-electron chi connectivity index (χ0n) is 15.3. The Hall–Kier alpha value is -0.610. The summed E-state index contributed by atoms with van der Waals surface area (Å²) >= 11 is 0. The van der Waals surface area contributed by atoms with Crippen LogP contribution in [0.5, 0.6) is 0 Å². The number of carbonyl (C=O) groups excluding carboxylic acids is 1. The summed E-state index contributed by atoms with van der Waals surface area (Å²) in [6.45, 7) is 2.97. The van der Waals surface area contributed by atoms with E-state index in [1.165, 1.54) is 71.1 Å². The van der Waals surface area contributed by atoms with Crippen LogP contribution in [0.2, 0.25) is 0 Å². The molecule has 138 valence electrons. The van der Waals surface area contributed by atoms with Crippen molar-refractivity contribution in [3.63, 3.8) is 0 Å². The first kappa shape index (κ1) is 22.4. The van der Waals surface area contributed by atoms with Crippen LogP contribution in [0.3, 0.4) is 0 Å². The molecule has 0 saturated carbocycles. The minimum atomic E-state index is -1.74. The highest BCUT2D eigenvalue weighted by Gasteiger charge is 2.23. The van der Waals surface area contributed by atoms with E-state index in [9.17, 15) is 9.90 Å². The van der Waals surface area contributed by atoms with Crippen LogP contribution in [0.15, 0.2) is 0 Å². The van der Waals surface area contributed by atoms with E-state index in [1.807, 2.05) is 0 Å². The van der Waals surface area contributed by atoms with Gasteiger partial charge in [-0.15, -0.1) is 0 Å². The molecule has 0 amide bonds. The second-order valence-corrected chi connectivity index (χ2v) is 6.80. The molecule has 4 nitrogen and oxygen atoms in total. The Balaban J connectivity index is 3.23. The molecule has 1 unspecified atom stereocenters. The Labute approximate surface area is 142 Å². The van der Waals surface area contributed by atoms with Crippen molar-refractivity contribution in [2.75, 3.05) is 6.61 Å². The minimum absolute atomic E-state index is 0.313. The number of unbranched alkanes of at least 4 members (excludes halogenated alkanes) is 12. The highest BCUT2D eigenvalue weighted by Crippen LogP contribution is 2.13. The molecule has 0 aromatic rings. The monoisotopic (exact) mass is 330 g/mol. The highest BCUT2D eigenvalue weighted by molar-refractivity contribution is 5.69. The van der Waals surface area contributed by atoms with Gasteiger partial charge in [0.15, 0.2) is 0 Å². The fourth-order valence-electron chi connectivity index (χ4n) is 2.62. The molecule has 0 aromatic heterocycles. The summed E-state index contributed by atoms with van der Waals surface area (Å²) in [5, 5.41) is 18.2. The van der Waals surface area contributed by atoms with Gasteiger partial charge < -0.3 is 14.9 Å². The molecule has 0 aliphatic rings. The van der Waals surface area contributed by atoms with Crippen molar-refractivity contribution < 1.29 is 19.7 Å². The molecule has 23 heavy (non-hydrogen) atoms. The molecule has 0 spiro atoms. The van der Waals surface area contributed by atoms with Gasteiger partial charge in [-0.25, -0.2) is 0 Å². The Morgan fingerprint density at radius 2 is 1.22 bits per heavy atom. The van der Waals surface area contributed by atoms with E-state index in [-0.39, 0.29) is 0 Å².